The molecular formula is C18H12O2. The Balaban J connectivity index is 2.17. The highest BCUT2D eigenvalue weighted by Gasteiger charge is 2.11. The lowest BCUT2D eigenvalue weighted by Gasteiger charge is -1.97. The summed E-state index contributed by atoms with van der Waals surface area (Å²) < 4.78 is 6.00. The maximum absolute atomic E-state index is 11.5. The van der Waals surface area contributed by atoms with Gasteiger partial charge < -0.3 is 4.42 Å². The van der Waals surface area contributed by atoms with Gasteiger partial charge in [0.1, 0.15) is 11.2 Å². The molecule has 2 nitrogen and oxygen atoms in total. The molecule has 0 unspecified atom stereocenters. The summed E-state index contributed by atoms with van der Waals surface area (Å²) in [7, 11) is 0. The van der Waals surface area contributed by atoms with Crippen molar-refractivity contribution in [1.29, 1.82) is 0 Å². The molecule has 3 aromatic carbocycles. The highest BCUT2D eigenvalue weighted by Crippen LogP contribution is 2.34. The van der Waals surface area contributed by atoms with Gasteiger partial charge in [0, 0.05) is 21.7 Å². The number of benzene rings is 3. The van der Waals surface area contributed by atoms with E-state index in [2.05, 4.69) is 24.3 Å². The SMILES string of the molecule is CC(=O)c1ccc2c(c1)oc1c3ccccc3ccc21. The summed E-state index contributed by atoms with van der Waals surface area (Å²) >= 11 is 0. The fourth-order valence-electron chi connectivity index (χ4n) is 2.72. The first-order chi connectivity index (χ1) is 9.74. The number of furan rings is 1. The van der Waals surface area contributed by atoms with Gasteiger partial charge in [-0.25, -0.2) is 0 Å². The predicted molar refractivity (Wildman–Crippen MR) is 81.2 cm³/mol. The number of carbonyl (C=O) groups excluding carboxylic acids is 1. The van der Waals surface area contributed by atoms with Gasteiger partial charge in [0.15, 0.2) is 5.78 Å². The summed E-state index contributed by atoms with van der Waals surface area (Å²) in [6.07, 6.45) is 0. The molecule has 4 aromatic rings. The van der Waals surface area contributed by atoms with Gasteiger partial charge in [0.05, 0.1) is 0 Å². The van der Waals surface area contributed by atoms with E-state index in [9.17, 15) is 4.79 Å². The zero-order valence-corrected chi connectivity index (χ0v) is 11.0. The van der Waals surface area contributed by atoms with Crippen LogP contribution in [0.1, 0.15) is 17.3 Å². The predicted octanol–water partition coefficient (Wildman–Crippen LogP) is 4.94. The minimum Gasteiger partial charge on any atom is -0.455 e. The van der Waals surface area contributed by atoms with Gasteiger partial charge in [-0.2, -0.15) is 0 Å². The van der Waals surface area contributed by atoms with Crippen LogP contribution in [0, 0.1) is 0 Å². The van der Waals surface area contributed by atoms with Crippen LogP contribution in [0.4, 0.5) is 0 Å². The van der Waals surface area contributed by atoms with E-state index in [1.54, 1.807) is 6.92 Å². The van der Waals surface area contributed by atoms with Crippen LogP contribution in [0.5, 0.6) is 0 Å². The van der Waals surface area contributed by atoms with Gasteiger partial charge in [-0.15, -0.1) is 0 Å². The highest BCUT2D eigenvalue weighted by molar-refractivity contribution is 6.15. The lowest BCUT2D eigenvalue weighted by atomic mass is 10.0. The van der Waals surface area contributed by atoms with E-state index in [0.29, 0.717) is 5.56 Å². The van der Waals surface area contributed by atoms with Crippen molar-refractivity contribution in [3.63, 3.8) is 0 Å². The number of fused-ring (bicyclic) bond motifs is 5. The van der Waals surface area contributed by atoms with Crippen molar-refractivity contribution in [3.8, 4) is 0 Å². The van der Waals surface area contributed by atoms with E-state index in [-0.39, 0.29) is 5.78 Å². The van der Waals surface area contributed by atoms with Crippen LogP contribution < -0.4 is 0 Å². The molecule has 0 amide bonds. The molecule has 4 rings (SSSR count). The zero-order chi connectivity index (χ0) is 13.7. The van der Waals surface area contributed by atoms with Gasteiger partial charge >= 0.3 is 0 Å². The maximum atomic E-state index is 11.5. The fraction of sp³-hybridized carbons (Fsp3) is 0.0556. The molecule has 0 atom stereocenters. The second-order valence-corrected chi connectivity index (χ2v) is 5.03. The molecule has 0 aliphatic heterocycles. The minimum absolute atomic E-state index is 0.0530. The van der Waals surface area contributed by atoms with E-state index in [0.717, 1.165) is 32.7 Å². The van der Waals surface area contributed by atoms with Crippen LogP contribution >= 0.6 is 0 Å². The minimum atomic E-state index is 0.0530. The second-order valence-electron chi connectivity index (χ2n) is 5.03. The average Bonchev–Trinajstić information content (AvgIpc) is 2.85. The molecule has 0 aliphatic rings. The third-order valence-corrected chi connectivity index (χ3v) is 3.77. The molecule has 0 fully saturated rings. The Kier molecular flexibility index (Phi) is 2.21. The van der Waals surface area contributed by atoms with Crippen LogP contribution in [-0.2, 0) is 0 Å². The molecular weight excluding hydrogens is 248 g/mol. The third-order valence-electron chi connectivity index (χ3n) is 3.77. The van der Waals surface area contributed by atoms with E-state index in [1.165, 1.54) is 0 Å². The highest BCUT2D eigenvalue weighted by atomic mass is 16.3. The van der Waals surface area contributed by atoms with Crippen molar-refractivity contribution in [3.05, 3.63) is 60.2 Å². The Morgan fingerprint density at radius 2 is 1.70 bits per heavy atom. The summed E-state index contributed by atoms with van der Waals surface area (Å²) in [5.41, 5.74) is 2.34. The van der Waals surface area contributed by atoms with Crippen LogP contribution in [0.25, 0.3) is 32.7 Å². The average molecular weight is 260 g/mol. The molecule has 0 radical (unpaired) electrons. The van der Waals surface area contributed by atoms with Crippen molar-refractivity contribution in [2.24, 2.45) is 0 Å². The second kappa shape index (κ2) is 3.94. The first-order valence-electron chi connectivity index (χ1n) is 6.59. The Labute approximate surface area is 115 Å². The van der Waals surface area contributed by atoms with Gasteiger partial charge in [0.25, 0.3) is 0 Å². The molecule has 0 N–H and O–H groups in total. The fourth-order valence-corrected chi connectivity index (χ4v) is 2.72. The number of hydrogen-bond acceptors (Lipinski definition) is 2. The largest absolute Gasteiger partial charge is 0.455 e. The van der Waals surface area contributed by atoms with Crippen LogP contribution in [0.2, 0.25) is 0 Å². The molecule has 0 saturated heterocycles. The van der Waals surface area contributed by atoms with Crippen molar-refractivity contribution in [2.75, 3.05) is 0 Å². The quantitative estimate of drug-likeness (QED) is 0.454. The summed E-state index contributed by atoms with van der Waals surface area (Å²) in [6, 6.07) is 18.0. The van der Waals surface area contributed by atoms with E-state index in [4.69, 9.17) is 4.42 Å². The van der Waals surface area contributed by atoms with Gasteiger partial charge in [-0.05, 0) is 30.5 Å². The summed E-state index contributed by atoms with van der Waals surface area (Å²) in [5.74, 6) is 0.0530. The van der Waals surface area contributed by atoms with Crippen LogP contribution in [-0.4, -0.2) is 5.78 Å². The maximum Gasteiger partial charge on any atom is 0.159 e. The molecule has 0 aliphatic carbocycles. The van der Waals surface area contributed by atoms with Crippen LogP contribution in [0.3, 0.4) is 0 Å². The number of carbonyl (C=O) groups is 1. The van der Waals surface area contributed by atoms with Gasteiger partial charge in [0.2, 0.25) is 0 Å². The molecule has 96 valence electrons. The molecule has 1 aromatic heterocycles. The van der Waals surface area contributed by atoms with E-state index in [1.807, 2.05) is 30.3 Å². The van der Waals surface area contributed by atoms with Crippen LogP contribution in [0.15, 0.2) is 59.0 Å². The molecule has 0 spiro atoms. The summed E-state index contributed by atoms with van der Waals surface area (Å²) in [6.45, 7) is 1.57. The standard InChI is InChI=1S/C18H12O2/c1-11(19)13-7-8-15-16-9-6-12-4-2-3-5-14(12)18(16)20-17(15)10-13/h2-10H,1H3. The molecule has 20 heavy (non-hydrogen) atoms. The van der Waals surface area contributed by atoms with Crippen molar-refractivity contribution in [1.82, 2.24) is 0 Å². The molecule has 1 heterocycles. The molecule has 0 saturated carbocycles. The Morgan fingerprint density at radius 3 is 2.55 bits per heavy atom. The zero-order valence-electron chi connectivity index (χ0n) is 11.0. The Hall–Kier alpha value is -2.61. The number of rotatable bonds is 1. The first-order valence-corrected chi connectivity index (χ1v) is 6.59. The number of hydrogen-bond donors (Lipinski definition) is 0. The first kappa shape index (κ1) is 11.2. The van der Waals surface area contributed by atoms with E-state index >= 15 is 0 Å². The Bertz CT molecular complexity index is 977. The monoisotopic (exact) mass is 260 g/mol. The topological polar surface area (TPSA) is 30.2 Å². The lowest BCUT2D eigenvalue weighted by molar-refractivity contribution is 0.101. The number of Topliss-reactive ketones (excluding diaryl/α,β-unsaturated/α-hetero) is 1. The smallest absolute Gasteiger partial charge is 0.159 e. The lowest BCUT2D eigenvalue weighted by Crippen LogP contribution is -1.89. The third kappa shape index (κ3) is 1.48. The summed E-state index contributed by atoms with van der Waals surface area (Å²) in [4.78, 5) is 11.5. The normalized spacial score (nSPS) is 11.4. The van der Waals surface area contributed by atoms with Crippen molar-refractivity contribution < 1.29 is 9.21 Å². The number of ketones is 1. The van der Waals surface area contributed by atoms with Gasteiger partial charge in [-0.3, -0.25) is 4.79 Å². The summed E-state index contributed by atoms with van der Waals surface area (Å²) in [5, 5.41) is 4.40. The van der Waals surface area contributed by atoms with Gasteiger partial charge in [-0.1, -0.05) is 36.4 Å². The Morgan fingerprint density at radius 1 is 0.900 bits per heavy atom. The van der Waals surface area contributed by atoms with Crippen molar-refractivity contribution in [2.45, 2.75) is 6.92 Å². The molecule has 2 heteroatoms. The molecule has 0 bridgehead atoms. The van der Waals surface area contributed by atoms with Crippen molar-refractivity contribution >= 4 is 38.5 Å². The van der Waals surface area contributed by atoms with E-state index < -0.39 is 0 Å².